The van der Waals surface area contributed by atoms with E-state index in [0.717, 1.165) is 0 Å². The van der Waals surface area contributed by atoms with E-state index in [1.54, 1.807) is 15.8 Å². The third-order valence-corrected chi connectivity index (χ3v) is 7.91. The van der Waals surface area contributed by atoms with Crippen LogP contribution in [0.1, 0.15) is 23.3 Å². The van der Waals surface area contributed by atoms with Gasteiger partial charge in [0.2, 0.25) is 21.8 Å². The van der Waals surface area contributed by atoms with Gasteiger partial charge in [0, 0.05) is 18.5 Å². The summed E-state index contributed by atoms with van der Waals surface area (Å²) in [7, 11) is -3.64. The number of nitrogens with zero attached hydrogens (tertiary/aromatic N) is 3. The van der Waals surface area contributed by atoms with Gasteiger partial charge in [-0.05, 0) is 12.8 Å². The van der Waals surface area contributed by atoms with E-state index in [0.29, 0.717) is 32.5 Å². The van der Waals surface area contributed by atoms with Gasteiger partial charge in [0.05, 0.1) is 38.3 Å². The van der Waals surface area contributed by atoms with E-state index in [-0.39, 0.29) is 37.8 Å². The molecule has 0 aliphatic carbocycles. The Morgan fingerprint density at radius 1 is 1.30 bits per heavy atom. The molecule has 0 bridgehead atoms. The Morgan fingerprint density at radius 2 is 2.07 bits per heavy atom. The molecule has 2 N–H and O–H groups in total. The van der Waals surface area contributed by atoms with Gasteiger partial charge in [-0.15, -0.1) is 11.3 Å². The van der Waals surface area contributed by atoms with Crippen molar-refractivity contribution in [2.75, 3.05) is 45.9 Å². The molecule has 1 aromatic heterocycles. The highest BCUT2D eigenvalue weighted by atomic mass is 32.2. The fourth-order valence-electron chi connectivity index (χ4n) is 3.95. The minimum absolute atomic E-state index is 0.152. The lowest BCUT2D eigenvalue weighted by Crippen LogP contribution is -2.73. The Kier molecular flexibility index (Phi) is 5.79. The number of morpholine rings is 1. The van der Waals surface area contributed by atoms with Crippen LogP contribution in [0.25, 0.3) is 0 Å². The zero-order valence-corrected chi connectivity index (χ0v) is 17.8. The number of likely N-dealkylation sites (tertiary alicyclic amines) is 1. The molecular weight excluding hydrogens is 434 g/mol. The first-order chi connectivity index (χ1) is 14.3. The molecule has 0 radical (unpaired) electrons. The Morgan fingerprint density at radius 3 is 2.77 bits per heavy atom. The molecule has 11 nitrogen and oxygen atoms in total. The molecule has 164 valence electrons. The third kappa shape index (κ3) is 4.19. The van der Waals surface area contributed by atoms with Gasteiger partial charge in [-0.2, -0.15) is 0 Å². The Labute approximate surface area is 177 Å². The molecule has 3 aliphatic rings. The van der Waals surface area contributed by atoms with Gasteiger partial charge in [-0.3, -0.25) is 14.4 Å². The zero-order chi connectivity index (χ0) is 21.4. The van der Waals surface area contributed by atoms with Crippen LogP contribution in [0, 0.1) is 0 Å². The quantitative estimate of drug-likeness (QED) is 0.555. The number of ether oxygens (including phenoxy) is 1. The molecule has 1 atom stereocenters. The van der Waals surface area contributed by atoms with Crippen molar-refractivity contribution >= 4 is 39.1 Å². The van der Waals surface area contributed by atoms with Crippen LogP contribution < -0.4 is 10.0 Å². The summed E-state index contributed by atoms with van der Waals surface area (Å²) < 4.78 is 32.5. The summed E-state index contributed by atoms with van der Waals surface area (Å²) in [5.41, 5.74) is 1.13. The Bertz CT molecular complexity index is 928. The number of hydrogen-bond acceptors (Lipinski definition) is 8. The molecule has 0 aromatic carbocycles. The van der Waals surface area contributed by atoms with Crippen LogP contribution >= 0.6 is 11.3 Å². The van der Waals surface area contributed by atoms with E-state index in [4.69, 9.17) is 4.74 Å². The number of sulfonamides is 1. The van der Waals surface area contributed by atoms with Crippen LogP contribution in [0.5, 0.6) is 0 Å². The highest BCUT2D eigenvalue weighted by molar-refractivity contribution is 7.90. The van der Waals surface area contributed by atoms with Gasteiger partial charge in [-0.1, -0.05) is 0 Å². The molecule has 1 aromatic rings. The lowest BCUT2D eigenvalue weighted by molar-refractivity contribution is -0.193. The van der Waals surface area contributed by atoms with Crippen LogP contribution in [0.15, 0.2) is 10.9 Å². The topological polar surface area (TPSA) is 138 Å². The van der Waals surface area contributed by atoms with Gasteiger partial charge in [-0.25, -0.2) is 18.1 Å². The van der Waals surface area contributed by atoms with Gasteiger partial charge in [0.15, 0.2) is 5.25 Å². The minimum atomic E-state index is -3.64. The SMILES string of the molecule is O=C(NCC(=O)N1CCOC2(C1)CN(C(=O)C1CCCNS1(=O)=O)C2)c1cscn1. The van der Waals surface area contributed by atoms with Crippen LogP contribution in [-0.2, 0) is 24.3 Å². The second-order valence-electron chi connectivity index (χ2n) is 7.67. The van der Waals surface area contributed by atoms with Crippen LogP contribution in [0.2, 0.25) is 0 Å². The van der Waals surface area contributed by atoms with E-state index in [2.05, 4.69) is 15.0 Å². The highest BCUT2D eigenvalue weighted by Gasteiger charge is 2.52. The van der Waals surface area contributed by atoms with Crippen LogP contribution in [0.4, 0.5) is 0 Å². The average molecular weight is 458 g/mol. The lowest BCUT2D eigenvalue weighted by Gasteiger charge is -2.54. The largest absolute Gasteiger partial charge is 0.368 e. The van der Waals surface area contributed by atoms with Crippen molar-refractivity contribution in [3.05, 3.63) is 16.6 Å². The molecule has 30 heavy (non-hydrogen) atoms. The average Bonchev–Trinajstić information content (AvgIpc) is 3.24. The number of thiazole rings is 1. The smallest absolute Gasteiger partial charge is 0.271 e. The number of rotatable bonds is 4. The number of amides is 3. The first-order valence-corrected chi connectivity index (χ1v) is 12.1. The second kappa shape index (κ2) is 8.21. The molecule has 3 amide bonds. The van der Waals surface area contributed by atoms with Crippen LogP contribution in [0.3, 0.4) is 0 Å². The van der Waals surface area contributed by atoms with E-state index >= 15 is 0 Å². The predicted octanol–water partition coefficient (Wildman–Crippen LogP) is -1.61. The fourth-order valence-corrected chi connectivity index (χ4v) is 6.01. The summed E-state index contributed by atoms with van der Waals surface area (Å²) in [4.78, 5) is 44.1. The molecule has 4 heterocycles. The van der Waals surface area contributed by atoms with Crippen molar-refractivity contribution in [3.63, 3.8) is 0 Å². The number of nitrogens with one attached hydrogen (secondary N) is 2. The zero-order valence-electron chi connectivity index (χ0n) is 16.2. The van der Waals surface area contributed by atoms with E-state index in [1.807, 2.05) is 0 Å². The number of aromatic nitrogens is 1. The summed E-state index contributed by atoms with van der Waals surface area (Å²) in [6.07, 6.45) is 0.932. The van der Waals surface area contributed by atoms with E-state index in [9.17, 15) is 22.8 Å². The minimum Gasteiger partial charge on any atom is -0.368 e. The lowest BCUT2D eigenvalue weighted by atomic mass is 9.91. The van der Waals surface area contributed by atoms with E-state index in [1.165, 1.54) is 16.2 Å². The Hall–Kier alpha value is -2.09. The predicted molar refractivity (Wildman–Crippen MR) is 106 cm³/mol. The van der Waals surface area contributed by atoms with Gasteiger partial charge in [0.1, 0.15) is 11.3 Å². The standard InChI is InChI=1S/C17H23N5O6S2/c23-14(6-18-15(24)12-7-29-11-19-12)21-4-5-28-17(8-21)9-22(10-17)16(25)13-2-1-3-20-30(13,26)27/h7,11,13,20H,1-6,8-10H2,(H,18,24). The normalized spacial score (nSPS) is 24.9. The monoisotopic (exact) mass is 457 g/mol. The maximum atomic E-state index is 12.6. The van der Waals surface area contributed by atoms with Crippen molar-refractivity contribution in [1.82, 2.24) is 24.8 Å². The van der Waals surface area contributed by atoms with Crippen molar-refractivity contribution < 1.29 is 27.5 Å². The summed E-state index contributed by atoms with van der Waals surface area (Å²) >= 11 is 1.30. The van der Waals surface area contributed by atoms with Crippen LogP contribution in [-0.4, -0.2) is 97.6 Å². The maximum absolute atomic E-state index is 12.6. The number of hydrogen-bond donors (Lipinski definition) is 2. The molecule has 3 saturated heterocycles. The summed E-state index contributed by atoms with van der Waals surface area (Å²) in [6, 6.07) is 0. The van der Waals surface area contributed by atoms with Crippen molar-refractivity contribution in [1.29, 1.82) is 0 Å². The molecule has 0 saturated carbocycles. The highest BCUT2D eigenvalue weighted by Crippen LogP contribution is 2.31. The van der Waals surface area contributed by atoms with Gasteiger partial charge >= 0.3 is 0 Å². The summed E-state index contributed by atoms with van der Waals surface area (Å²) in [6.45, 7) is 1.69. The molecular formula is C17H23N5O6S2. The molecule has 4 rings (SSSR count). The van der Waals surface area contributed by atoms with Gasteiger partial charge in [0.25, 0.3) is 5.91 Å². The fraction of sp³-hybridized carbons (Fsp3) is 0.647. The van der Waals surface area contributed by atoms with Crippen molar-refractivity contribution in [2.45, 2.75) is 23.7 Å². The van der Waals surface area contributed by atoms with Crippen molar-refractivity contribution in [3.8, 4) is 0 Å². The third-order valence-electron chi connectivity index (χ3n) is 5.53. The first kappa shape index (κ1) is 21.2. The molecule has 3 aliphatic heterocycles. The second-order valence-corrected chi connectivity index (χ2v) is 10.3. The number of carbonyl (C=O) groups excluding carboxylic acids is 3. The van der Waals surface area contributed by atoms with Gasteiger partial charge < -0.3 is 19.9 Å². The first-order valence-electron chi connectivity index (χ1n) is 9.65. The Balaban J connectivity index is 1.30. The summed E-state index contributed by atoms with van der Waals surface area (Å²) in [5, 5.41) is 3.10. The summed E-state index contributed by atoms with van der Waals surface area (Å²) in [5.74, 6) is -1.07. The molecule has 1 spiro atoms. The number of carbonyl (C=O) groups is 3. The molecule has 13 heteroatoms. The maximum Gasteiger partial charge on any atom is 0.271 e. The van der Waals surface area contributed by atoms with E-state index < -0.39 is 32.7 Å². The molecule has 3 fully saturated rings. The molecule has 1 unspecified atom stereocenters. The van der Waals surface area contributed by atoms with Crippen molar-refractivity contribution in [2.24, 2.45) is 0 Å².